The maximum absolute atomic E-state index is 11.7. The monoisotopic (exact) mass is 257 g/mol. The predicted octanol–water partition coefficient (Wildman–Crippen LogP) is 0.234. The van der Waals surface area contributed by atoms with Crippen molar-refractivity contribution in [3.8, 4) is 0 Å². The number of carboxylic acids is 2. The van der Waals surface area contributed by atoms with Gasteiger partial charge in [0, 0.05) is 19.3 Å². The van der Waals surface area contributed by atoms with Crippen LogP contribution >= 0.6 is 0 Å². The van der Waals surface area contributed by atoms with E-state index in [1.807, 2.05) is 0 Å². The van der Waals surface area contributed by atoms with Gasteiger partial charge < -0.3 is 10.2 Å². The first-order valence-electron chi connectivity index (χ1n) is 5.73. The van der Waals surface area contributed by atoms with Crippen molar-refractivity contribution in [2.75, 3.05) is 0 Å². The first-order chi connectivity index (χ1) is 8.43. The summed E-state index contributed by atoms with van der Waals surface area (Å²) in [4.78, 5) is 45.7. The molecule has 0 aromatic heterocycles. The van der Waals surface area contributed by atoms with Crippen molar-refractivity contribution in [2.45, 2.75) is 44.6 Å². The van der Waals surface area contributed by atoms with Crippen LogP contribution in [0.1, 0.15) is 38.5 Å². The zero-order chi connectivity index (χ0) is 13.7. The average molecular weight is 257 g/mol. The summed E-state index contributed by atoms with van der Waals surface area (Å²) in [6.07, 6.45) is 0.694. The van der Waals surface area contributed by atoms with Crippen molar-refractivity contribution >= 4 is 23.8 Å². The second-order valence-corrected chi connectivity index (χ2v) is 4.15. The van der Waals surface area contributed by atoms with Crippen LogP contribution < -0.4 is 0 Å². The molecule has 2 N–H and O–H groups in total. The smallest absolute Gasteiger partial charge is 0.326 e. The molecule has 18 heavy (non-hydrogen) atoms. The zero-order valence-corrected chi connectivity index (χ0v) is 9.79. The minimum atomic E-state index is -1.38. The van der Waals surface area contributed by atoms with Crippen LogP contribution in [0.5, 0.6) is 0 Å². The number of hydrogen-bond donors (Lipinski definition) is 2. The van der Waals surface area contributed by atoms with Crippen LogP contribution in [-0.4, -0.2) is 44.9 Å². The molecule has 7 heteroatoms. The van der Waals surface area contributed by atoms with Crippen LogP contribution in [0, 0.1) is 0 Å². The number of carboxylic acid groups (broad SMARTS) is 2. The maximum atomic E-state index is 11.7. The minimum Gasteiger partial charge on any atom is -0.481 e. The Kier molecular flexibility index (Phi) is 4.82. The third kappa shape index (κ3) is 3.54. The quantitative estimate of drug-likeness (QED) is 0.682. The highest BCUT2D eigenvalue weighted by atomic mass is 16.4. The number of nitrogens with zero attached hydrogens (tertiary/aromatic N) is 1. The fourth-order valence-electron chi connectivity index (χ4n) is 1.90. The Bertz CT molecular complexity index is 360. The number of carbonyl (C=O) groups excluding carboxylic acids is 2. The zero-order valence-electron chi connectivity index (χ0n) is 9.79. The lowest BCUT2D eigenvalue weighted by atomic mass is 10.1. The molecular weight excluding hydrogens is 242 g/mol. The molecule has 1 aliphatic rings. The summed E-state index contributed by atoms with van der Waals surface area (Å²) < 4.78 is 0. The Morgan fingerprint density at radius 1 is 1.11 bits per heavy atom. The molecule has 1 heterocycles. The highest BCUT2D eigenvalue weighted by Crippen LogP contribution is 2.18. The van der Waals surface area contributed by atoms with E-state index >= 15 is 0 Å². The summed E-state index contributed by atoms with van der Waals surface area (Å²) in [7, 11) is 0. The number of imide groups is 1. The first kappa shape index (κ1) is 14.1. The Labute approximate surface area is 103 Å². The summed E-state index contributed by atoms with van der Waals surface area (Å²) in [5, 5.41) is 17.6. The molecule has 1 unspecified atom stereocenters. The summed E-state index contributed by atoms with van der Waals surface area (Å²) >= 11 is 0. The standard InChI is InChI=1S/C11H15NO6/c13-8-3-1-2-4-9(14)12(8)7(11(17)18)5-6-10(15)16/h7H,1-6H2,(H,15,16)(H,17,18). The van der Waals surface area contributed by atoms with E-state index in [2.05, 4.69) is 0 Å². The molecule has 7 nitrogen and oxygen atoms in total. The summed E-state index contributed by atoms with van der Waals surface area (Å²) in [6, 6.07) is -1.38. The molecule has 0 aliphatic carbocycles. The minimum absolute atomic E-state index is 0.128. The second kappa shape index (κ2) is 6.13. The Morgan fingerprint density at radius 2 is 1.61 bits per heavy atom. The van der Waals surface area contributed by atoms with E-state index in [0.29, 0.717) is 12.8 Å². The maximum Gasteiger partial charge on any atom is 0.326 e. The SMILES string of the molecule is O=C(O)CCC(C(=O)O)N1C(=O)CCCCC1=O. The second-order valence-electron chi connectivity index (χ2n) is 4.15. The van der Waals surface area contributed by atoms with E-state index in [1.54, 1.807) is 0 Å². The van der Waals surface area contributed by atoms with E-state index in [0.717, 1.165) is 4.90 Å². The third-order valence-corrected chi connectivity index (χ3v) is 2.80. The molecule has 0 aromatic rings. The largest absolute Gasteiger partial charge is 0.481 e. The molecule has 0 spiro atoms. The highest BCUT2D eigenvalue weighted by Gasteiger charge is 2.35. The fraction of sp³-hybridized carbons (Fsp3) is 0.636. The van der Waals surface area contributed by atoms with Crippen molar-refractivity contribution in [1.82, 2.24) is 4.90 Å². The van der Waals surface area contributed by atoms with Gasteiger partial charge in [-0.3, -0.25) is 19.3 Å². The summed E-state index contributed by atoms with van der Waals surface area (Å²) in [5.74, 6) is -3.57. The van der Waals surface area contributed by atoms with Gasteiger partial charge in [-0.2, -0.15) is 0 Å². The lowest BCUT2D eigenvalue weighted by molar-refractivity contribution is -0.158. The van der Waals surface area contributed by atoms with Gasteiger partial charge in [0.1, 0.15) is 6.04 Å². The lowest BCUT2D eigenvalue weighted by Crippen LogP contribution is -2.48. The van der Waals surface area contributed by atoms with Crippen LogP contribution in [-0.2, 0) is 19.2 Å². The van der Waals surface area contributed by atoms with Crippen LogP contribution in [0.15, 0.2) is 0 Å². The van der Waals surface area contributed by atoms with E-state index in [-0.39, 0.29) is 19.3 Å². The van der Waals surface area contributed by atoms with Crippen molar-refractivity contribution in [3.05, 3.63) is 0 Å². The molecule has 2 amide bonds. The Hall–Kier alpha value is -1.92. The number of aliphatic carboxylic acids is 2. The van der Waals surface area contributed by atoms with Gasteiger partial charge >= 0.3 is 11.9 Å². The van der Waals surface area contributed by atoms with Crippen LogP contribution in [0.2, 0.25) is 0 Å². The third-order valence-electron chi connectivity index (χ3n) is 2.80. The van der Waals surface area contributed by atoms with Gasteiger partial charge in [-0.1, -0.05) is 0 Å². The van der Waals surface area contributed by atoms with Crippen molar-refractivity contribution < 1.29 is 29.4 Å². The topological polar surface area (TPSA) is 112 Å². The predicted molar refractivity (Wildman–Crippen MR) is 58.6 cm³/mol. The Balaban J connectivity index is 2.87. The lowest BCUT2D eigenvalue weighted by Gasteiger charge is -2.25. The molecule has 0 bridgehead atoms. The van der Waals surface area contributed by atoms with E-state index in [1.165, 1.54) is 0 Å². The van der Waals surface area contributed by atoms with Gasteiger partial charge in [0.25, 0.3) is 0 Å². The molecule has 0 saturated carbocycles. The Morgan fingerprint density at radius 3 is 2.00 bits per heavy atom. The van der Waals surface area contributed by atoms with Gasteiger partial charge in [0.15, 0.2) is 0 Å². The van der Waals surface area contributed by atoms with Crippen molar-refractivity contribution in [2.24, 2.45) is 0 Å². The summed E-state index contributed by atoms with van der Waals surface area (Å²) in [6.45, 7) is 0. The number of likely N-dealkylation sites (tertiary alicyclic amines) is 1. The van der Waals surface area contributed by atoms with Gasteiger partial charge in [0.05, 0.1) is 0 Å². The number of carbonyl (C=O) groups is 4. The number of rotatable bonds is 5. The summed E-state index contributed by atoms with van der Waals surface area (Å²) in [5.41, 5.74) is 0. The van der Waals surface area contributed by atoms with Crippen LogP contribution in [0.25, 0.3) is 0 Å². The highest BCUT2D eigenvalue weighted by molar-refractivity contribution is 5.99. The average Bonchev–Trinajstić information content (AvgIpc) is 2.42. The molecular formula is C11H15NO6. The molecule has 1 atom stereocenters. The van der Waals surface area contributed by atoms with E-state index in [4.69, 9.17) is 10.2 Å². The molecule has 1 fully saturated rings. The molecule has 0 aromatic carbocycles. The molecule has 1 aliphatic heterocycles. The molecule has 1 saturated heterocycles. The normalized spacial score (nSPS) is 18.3. The van der Waals surface area contributed by atoms with Gasteiger partial charge in [-0.15, -0.1) is 0 Å². The fourth-order valence-corrected chi connectivity index (χ4v) is 1.90. The molecule has 0 radical (unpaired) electrons. The molecule has 100 valence electrons. The van der Waals surface area contributed by atoms with E-state index in [9.17, 15) is 19.2 Å². The van der Waals surface area contributed by atoms with E-state index < -0.39 is 36.2 Å². The molecule has 1 rings (SSSR count). The van der Waals surface area contributed by atoms with Crippen molar-refractivity contribution in [3.63, 3.8) is 0 Å². The van der Waals surface area contributed by atoms with Gasteiger partial charge in [0.2, 0.25) is 11.8 Å². The van der Waals surface area contributed by atoms with Gasteiger partial charge in [-0.05, 0) is 19.3 Å². The first-order valence-corrected chi connectivity index (χ1v) is 5.73. The number of amides is 2. The van der Waals surface area contributed by atoms with Crippen LogP contribution in [0.4, 0.5) is 0 Å². The van der Waals surface area contributed by atoms with Gasteiger partial charge in [-0.25, -0.2) is 4.79 Å². The van der Waals surface area contributed by atoms with Crippen molar-refractivity contribution in [1.29, 1.82) is 0 Å². The number of hydrogen-bond acceptors (Lipinski definition) is 4. The van der Waals surface area contributed by atoms with Crippen LogP contribution in [0.3, 0.4) is 0 Å².